The Morgan fingerprint density at radius 1 is 0.404 bits per heavy atom. The lowest BCUT2D eigenvalue weighted by molar-refractivity contribution is 1.17. The molecule has 7 aromatic carbocycles. The number of hydrogen-bond acceptors (Lipinski definition) is 1. The second kappa shape index (κ2) is 12.0. The first-order valence-electron chi connectivity index (χ1n) is 17.4. The van der Waals surface area contributed by atoms with Crippen LogP contribution in [0, 0.1) is 6.57 Å². The predicted octanol–water partition coefficient (Wildman–Crippen LogP) is 12.8. The van der Waals surface area contributed by atoms with E-state index in [2.05, 4.69) is 160 Å². The van der Waals surface area contributed by atoms with Crippen molar-refractivity contribution in [3.63, 3.8) is 0 Å². The summed E-state index contributed by atoms with van der Waals surface area (Å²) in [5, 5.41) is 4.81. The summed E-state index contributed by atoms with van der Waals surface area (Å²) in [4.78, 5) is 8.76. The molecule has 0 amide bonds. The first kappa shape index (κ1) is 29.7. The maximum absolute atomic E-state index is 7.48. The summed E-state index contributed by atoms with van der Waals surface area (Å²) in [7, 11) is 0. The van der Waals surface area contributed by atoms with E-state index >= 15 is 0 Å². The monoisotopic (exact) mass is 662 g/mol. The predicted molar refractivity (Wildman–Crippen MR) is 215 cm³/mol. The van der Waals surface area contributed by atoms with Crippen molar-refractivity contribution in [3.05, 3.63) is 193 Å². The van der Waals surface area contributed by atoms with Crippen LogP contribution in [0.4, 0.5) is 5.69 Å². The third-order valence-corrected chi connectivity index (χ3v) is 10.1. The highest BCUT2D eigenvalue weighted by Gasteiger charge is 2.21. The summed E-state index contributed by atoms with van der Waals surface area (Å²) >= 11 is 0. The van der Waals surface area contributed by atoms with Crippen LogP contribution in [0.2, 0.25) is 0 Å². The van der Waals surface area contributed by atoms with Crippen LogP contribution in [-0.4, -0.2) is 14.1 Å². The molecular weight excluding hydrogens is 633 g/mol. The van der Waals surface area contributed by atoms with Crippen LogP contribution in [-0.2, 0) is 0 Å². The first-order chi connectivity index (χ1) is 25.7. The summed E-state index contributed by atoms with van der Waals surface area (Å²) in [5.74, 6) is 0. The van der Waals surface area contributed by atoms with Crippen LogP contribution in [0.5, 0.6) is 0 Å². The standard InChI is InChI=1S/C48H30N4/c1-49-36-23-25-37(26-24-36)51-45-22-11-9-20-41(45)47-46(51)28-27-40-39-19-8-10-21-44(39)52(48(40)47)38-18-12-17-34(29-38)35-30-42(32-13-4-2-5-14-32)50-43(31-35)33-15-6-3-7-16-33/h2-31H. The van der Waals surface area contributed by atoms with Crippen molar-refractivity contribution in [1.82, 2.24) is 14.1 Å². The van der Waals surface area contributed by atoms with E-state index in [0.717, 1.165) is 61.6 Å². The van der Waals surface area contributed by atoms with Crippen LogP contribution in [0.15, 0.2) is 182 Å². The molecule has 4 heteroatoms. The van der Waals surface area contributed by atoms with Crippen LogP contribution in [0.3, 0.4) is 0 Å². The van der Waals surface area contributed by atoms with Crippen LogP contribution in [0.25, 0.3) is 93.5 Å². The van der Waals surface area contributed by atoms with Gasteiger partial charge in [0.05, 0.1) is 40.0 Å². The average Bonchev–Trinajstić information content (AvgIpc) is 3.74. The molecule has 0 N–H and O–H groups in total. The summed E-state index contributed by atoms with van der Waals surface area (Å²) in [5.41, 5.74) is 13.6. The fourth-order valence-electron chi connectivity index (χ4n) is 7.77. The van der Waals surface area contributed by atoms with Gasteiger partial charge in [-0.05, 0) is 65.7 Å². The van der Waals surface area contributed by atoms with Gasteiger partial charge in [-0.2, -0.15) is 0 Å². The highest BCUT2D eigenvalue weighted by atomic mass is 15.0. The van der Waals surface area contributed by atoms with Crippen molar-refractivity contribution in [3.8, 4) is 45.0 Å². The Bertz CT molecular complexity index is 2940. The van der Waals surface area contributed by atoms with Crippen molar-refractivity contribution in [2.45, 2.75) is 0 Å². The third-order valence-electron chi connectivity index (χ3n) is 10.1. The molecule has 0 unspecified atom stereocenters. The zero-order valence-electron chi connectivity index (χ0n) is 28.1. The van der Waals surface area contributed by atoms with Gasteiger partial charge in [0.15, 0.2) is 5.69 Å². The molecule has 0 aliphatic rings. The zero-order chi connectivity index (χ0) is 34.6. The molecule has 0 saturated carbocycles. The van der Waals surface area contributed by atoms with Gasteiger partial charge in [-0.25, -0.2) is 9.83 Å². The molecule has 0 aliphatic heterocycles. The number of fused-ring (bicyclic) bond motifs is 7. The molecule has 3 heterocycles. The van der Waals surface area contributed by atoms with E-state index < -0.39 is 0 Å². The fourth-order valence-corrected chi connectivity index (χ4v) is 7.77. The van der Waals surface area contributed by atoms with Gasteiger partial charge in [-0.3, -0.25) is 0 Å². The van der Waals surface area contributed by atoms with E-state index in [1.165, 1.54) is 27.1 Å². The van der Waals surface area contributed by atoms with Gasteiger partial charge in [0, 0.05) is 44.0 Å². The molecule has 0 atom stereocenters. The molecular formula is C48H30N4. The minimum absolute atomic E-state index is 0.632. The molecule has 4 nitrogen and oxygen atoms in total. The van der Waals surface area contributed by atoms with E-state index in [4.69, 9.17) is 11.6 Å². The van der Waals surface area contributed by atoms with Crippen molar-refractivity contribution in [2.75, 3.05) is 0 Å². The van der Waals surface area contributed by atoms with Gasteiger partial charge in [0.25, 0.3) is 0 Å². The van der Waals surface area contributed by atoms with Gasteiger partial charge >= 0.3 is 0 Å². The number of pyridine rings is 1. The van der Waals surface area contributed by atoms with Crippen molar-refractivity contribution in [2.24, 2.45) is 0 Å². The highest BCUT2D eigenvalue weighted by Crippen LogP contribution is 2.42. The Morgan fingerprint density at radius 3 is 1.67 bits per heavy atom. The lowest BCUT2D eigenvalue weighted by atomic mass is 9.99. The zero-order valence-corrected chi connectivity index (χ0v) is 28.1. The summed E-state index contributed by atoms with van der Waals surface area (Å²) in [6.45, 7) is 7.48. The van der Waals surface area contributed by atoms with E-state index in [1.807, 2.05) is 36.4 Å². The van der Waals surface area contributed by atoms with Crippen molar-refractivity contribution >= 4 is 49.3 Å². The number of hydrogen-bond donors (Lipinski definition) is 0. The summed E-state index contributed by atoms with van der Waals surface area (Å²) in [6, 6.07) is 63.9. The lowest BCUT2D eigenvalue weighted by Crippen LogP contribution is -1.96. The van der Waals surface area contributed by atoms with E-state index in [9.17, 15) is 0 Å². The van der Waals surface area contributed by atoms with E-state index in [0.29, 0.717) is 5.69 Å². The molecule has 0 saturated heterocycles. The maximum atomic E-state index is 7.48. The summed E-state index contributed by atoms with van der Waals surface area (Å²) < 4.78 is 4.76. The topological polar surface area (TPSA) is 27.1 Å². The fraction of sp³-hybridized carbons (Fsp3) is 0. The first-order valence-corrected chi connectivity index (χ1v) is 17.4. The highest BCUT2D eigenvalue weighted by molar-refractivity contribution is 6.26. The molecule has 10 aromatic rings. The smallest absolute Gasteiger partial charge is 0.187 e. The normalized spacial score (nSPS) is 11.4. The van der Waals surface area contributed by atoms with Crippen molar-refractivity contribution in [1.29, 1.82) is 0 Å². The number of para-hydroxylation sites is 2. The van der Waals surface area contributed by atoms with Gasteiger partial charge in [-0.1, -0.05) is 127 Å². The minimum atomic E-state index is 0.632. The molecule has 242 valence electrons. The van der Waals surface area contributed by atoms with Crippen LogP contribution in [0.1, 0.15) is 0 Å². The quantitative estimate of drug-likeness (QED) is 0.169. The maximum Gasteiger partial charge on any atom is 0.187 e. The Kier molecular flexibility index (Phi) is 6.84. The average molecular weight is 663 g/mol. The van der Waals surface area contributed by atoms with Gasteiger partial charge < -0.3 is 9.13 Å². The SMILES string of the molecule is [C-]#[N+]c1ccc(-n2c3ccccc3c3c2ccc2c4ccccc4n(-c4cccc(-c5cc(-c6ccccc6)nc(-c6ccccc6)c5)c4)c23)cc1. The Labute approximate surface area is 300 Å². The van der Waals surface area contributed by atoms with Crippen LogP contribution < -0.4 is 0 Å². The van der Waals surface area contributed by atoms with Gasteiger partial charge in [-0.15, -0.1) is 0 Å². The number of benzene rings is 7. The molecule has 10 rings (SSSR count). The lowest BCUT2D eigenvalue weighted by Gasteiger charge is -2.13. The van der Waals surface area contributed by atoms with E-state index in [-0.39, 0.29) is 0 Å². The third kappa shape index (κ3) is 4.72. The molecule has 0 spiro atoms. The molecule has 52 heavy (non-hydrogen) atoms. The van der Waals surface area contributed by atoms with Gasteiger partial charge in [0.1, 0.15) is 0 Å². The number of aromatic nitrogens is 3. The number of nitrogens with zero attached hydrogens (tertiary/aromatic N) is 4. The molecule has 0 bridgehead atoms. The van der Waals surface area contributed by atoms with Crippen molar-refractivity contribution < 1.29 is 0 Å². The molecule has 0 radical (unpaired) electrons. The number of rotatable bonds is 5. The second-order valence-corrected chi connectivity index (χ2v) is 13.1. The van der Waals surface area contributed by atoms with E-state index in [1.54, 1.807) is 0 Å². The molecule has 0 aliphatic carbocycles. The van der Waals surface area contributed by atoms with Crippen LogP contribution >= 0.6 is 0 Å². The molecule has 3 aromatic heterocycles. The van der Waals surface area contributed by atoms with Gasteiger partial charge in [0.2, 0.25) is 0 Å². The Balaban J connectivity index is 1.24. The molecule has 0 fully saturated rings. The second-order valence-electron chi connectivity index (χ2n) is 13.1. The minimum Gasteiger partial charge on any atom is -0.309 e. The summed E-state index contributed by atoms with van der Waals surface area (Å²) in [6.07, 6.45) is 0. The largest absolute Gasteiger partial charge is 0.309 e. The Morgan fingerprint density at radius 2 is 1.00 bits per heavy atom. The Hall–Kier alpha value is -7.22.